The van der Waals surface area contributed by atoms with E-state index in [0.29, 0.717) is 17.8 Å². The first-order valence-corrected chi connectivity index (χ1v) is 7.48. The molecule has 6 nitrogen and oxygen atoms in total. The zero-order valence-corrected chi connectivity index (χ0v) is 13.2. The lowest BCUT2D eigenvalue weighted by atomic mass is 10.2. The molecule has 1 aliphatic rings. The molecule has 3 rings (SSSR count). The van der Waals surface area contributed by atoms with Crippen LogP contribution in [0.4, 0.5) is 5.82 Å². The Morgan fingerprint density at radius 2 is 2.27 bits per heavy atom. The van der Waals surface area contributed by atoms with Crippen LogP contribution in [0.5, 0.6) is 5.75 Å². The zero-order chi connectivity index (χ0) is 15.7. The third kappa shape index (κ3) is 2.78. The van der Waals surface area contributed by atoms with Crippen LogP contribution in [0.3, 0.4) is 0 Å². The van der Waals surface area contributed by atoms with E-state index in [9.17, 15) is 4.79 Å². The average molecular weight is 321 g/mol. The predicted octanol–water partition coefficient (Wildman–Crippen LogP) is 2.01. The molecule has 1 aliphatic heterocycles. The fourth-order valence-corrected chi connectivity index (χ4v) is 3.01. The van der Waals surface area contributed by atoms with Gasteiger partial charge in [-0.15, -0.1) is 0 Å². The number of methoxy groups -OCH3 is 1. The van der Waals surface area contributed by atoms with Crippen molar-refractivity contribution in [1.82, 2.24) is 15.3 Å². The monoisotopic (exact) mass is 320 g/mol. The molecule has 22 heavy (non-hydrogen) atoms. The number of nitrogens with zero attached hydrogens (tertiary/aromatic N) is 3. The van der Waals surface area contributed by atoms with E-state index in [0.717, 1.165) is 24.2 Å². The number of halogens is 1. The molecule has 1 amide bonds. The number of amides is 1. The number of carbonyl (C=O) groups is 1. The molecular formula is C15H17ClN4O2. The predicted molar refractivity (Wildman–Crippen MR) is 85.5 cm³/mol. The zero-order valence-electron chi connectivity index (χ0n) is 12.5. The maximum atomic E-state index is 11.2. The highest BCUT2D eigenvalue weighted by atomic mass is 35.5. The summed E-state index contributed by atoms with van der Waals surface area (Å²) in [6.45, 7) is 3.05. The molecule has 2 heterocycles. The van der Waals surface area contributed by atoms with Gasteiger partial charge in [-0.25, -0.2) is 4.98 Å². The third-order valence-electron chi connectivity index (χ3n) is 3.76. The van der Waals surface area contributed by atoms with Crippen molar-refractivity contribution in [2.45, 2.75) is 19.4 Å². The van der Waals surface area contributed by atoms with Gasteiger partial charge in [0, 0.05) is 31.4 Å². The Labute approximate surface area is 133 Å². The van der Waals surface area contributed by atoms with E-state index in [2.05, 4.69) is 20.2 Å². The number of para-hydroxylation sites is 1. The summed E-state index contributed by atoms with van der Waals surface area (Å²) in [5.74, 6) is 1.43. The molecule has 116 valence electrons. The average Bonchev–Trinajstić information content (AvgIpc) is 2.93. The van der Waals surface area contributed by atoms with E-state index < -0.39 is 0 Å². The van der Waals surface area contributed by atoms with Gasteiger partial charge in [0.15, 0.2) is 0 Å². The minimum absolute atomic E-state index is 0.0147. The Bertz CT molecular complexity index is 722. The largest absolute Gasteiger partial charge is 0.494 e. The molecule has 1 aromatic heterocycles. The van der Waals surface area contributed by atoms with Crippen LogP contribution in [0.15, 0.2) is 18.2 Å². The van der Waals surface area contributed by atoms with E-state index in [4.69, 9.17) is 16.3 Å². The molecule has 0 bridgehead atoms. The highest BCUT2D eigenvalue weighted by molar-refractivity contribution is 6.29. The van der Waals surface area contributed by atoms with E-state index >= 15 is 0 Å². The number of nitrogens with one attached hydrogen (secondary N) is 1. The van der Waals surface area contributed by atoms with E-state index in [1.165, 1.54) is 6.92 Å². The molecular weight excluding hydrogens is 304 g/mol. The number of carbonyl (C=O) groups excluding carboxylic acids is 1. The van der Waals surface area contributed by atoms with E-state index in [-0.39, 0.29) is 17.2 Å². The Morgan fingerprint density at radius 1 is 1.45 bits per heavy atom. The van der Waals surface area contributed by atoms with Gasteiger partial charge in [0.1, 0.15) is 17.1 Å². The number of anilines is 1. The molecule has 0 saturated carbocycles. The van der Waals surface area contributed by atoms with Crippen LogP contribution in [-0.2, 0) is 4.79 Å². The van der Waals surface area contributed by atoms with Gasteiger partial charge in [-0.3, -0.25) is 4.79 Å². The van der Waals surface area contributed by atoms with Crippen molar-refractivity contribution in [3.05, 3.63) is 23.5 Å². The molecule has 1 aromatic carbocycles. The first-order valence-electron chi connectivity index (χ1n) is 7.11. The second kappa shape index (κ2) is 5.96. The maximum absolute atomic E-state index is 11.2. The summed E-state index contributed by atoms with van der Waals surface area (Å²) >= 11 is 6.08. The van der Waals surface area contributed by atoms with Crippen molar-refractivity contribution in [3.8, 4) is 5.75 Å². The van der Waals surface area contributed by atoms with Gasteiger partial charge in [-0.05, 0) is 30.2 Å². The van der Waals surface area contributed by atoms with Crippen LogP contribution in [0, 0.1) is 0 Å². The Balaban J connectivity index is 1.99. The van der Waals surface area contributed by atoms with Crippen LogP contribution in [0.1, 0.15) is 13.3 Å². The van der Waals surface area contributed by atoms with Gasteiger partial charge >= 0.3 is 0 Å². The van der Waals surface area contributed by atoms with E-state index in [1.807, 2.05) is 18.2 Å². The summed E-state index contributed by atoms with van der Waals surface area (Å²) < 4.78 is 5.35. The van der Waals surface area contributed by atoms with Gasteiger partial charge < -0.3 is 15.0 Å². The molecule has 1 saturated heterocycles. The number of ether oxygens (including phenoxy) is 1. The molecule has 2 aromatic rings. The SMILES string of the molecule is COc1cccc2c(N3CC[C@H](NC(C)=O)C3)nc(Cl)nc12. The lowest BCUT2D eigenvalue weighted by molar-refractivity contribution is -0.119. The lowest BCUT2D eigenvalue weighted by Crippen LogP contribution is -2.35. The van der Waals surface area contributed by atoms with Crippen LogP contribution in [0.2, 0.25) is 5.28 Å². The first kappa shape index (κ1) is 14.8. The number of aromatic nitrogens is 2. The summed E-state index contributed by atoms with van der Waals surface area (Å²) in [5.41, 5.74) is 0.697. The van der Waals surface area contributed by atoms with Crippen LogP contribution in [0.25, 0.3) is 10.9 Å². The third-order valence-corrected chi connectivity index (χ3v) is 3.93. The minimum atomic E-state index is -0.0147. The summed E-state index contributed by atoms with van der Waals surface area (Å²) in [5, 5.41) is 4.03. The van der Waals surface area contributed by atoms with Crippen molar-refractivity contribution >= 4 is 34.2 Å². The van der Waals surface area contributed by atoms with Crippen molar-refractivity contribution < 1.29 is 9.53 Å². The standard InChI is InChI=1S/C15H17ClN4O2/c1-9(21)17-10-6-7-20(8-10)14-11-4-3-5-12(22-2)13(11)18-15(16)19-14/h3-5,10H,6-8H2,1-2H3,(H,17,21)/t10-/m0/s1. The molecule has 0 unspecified atom stereocenters. The summed E-state index contributed by atoms with van der Waals surface area (Å²) in [4.78, 5) is 22.0. The van der Waals surface area contributed by atoms with Crippen molar-refractivity contribution in [2.24, 2.45) is 0 Å². The molecule has 1 fully saturated rings. The normalized spacial score (nSPS) is 17.8. The van der Waals surface area contributed by atoms with Gasteiger partial charge in [-0.2, -0.15) is 4.98 Å². The molecule has 7 heteroatoms. The van der Waals surface area contributed by atoms with Crippen molar-refractivity contribution in [1.29, 1.82) is 0 Å². The number of hydrogen-bond acceptors (Lipinski definition) is 5. The second-order valence-corrected chi connectivity index (χ2v) is 5.64. The van der Waals surface area contributed by atoms with Crippen molar-refractivity contribution in [2.75, 3.05) is 25.1 Å². The fourth-order valence-electron chi connectivity index (χ4n) is 2.85. The van der Waals surface area contributed by atoms with Crippen molar-refractivity contribution in [3.63, 3.8) is 0 Å². The number of hydrogen-bond donors (Lipinski definition) is 1. The lowest BCUT2D eigenvalue weighted by Gasteiger charge is -2.20. The smallest absolute Gasteiger partial charge is 0.225 e. The van der Waals surface area contributed by atoms with Crippen LogP contribution in [-0.4, -0.2) is 42.1 Å². The molecule has 0 aliphatic carbocycles. The molecule has 1 N–H and O–H groups in total. The number of benzene rings is 1. The first-order chi connectivity index (χ1) is 10.6. The van der Waals surface area contributed by atoms with Gasteiger partial charge in [0.2, 0.25) is 11.2 Å². The summed E-state index contributed by atoms with van der Waals surface area (Å²) in [6.07, 6.45) is 0.882. The van der Waals surface area contributed by atoms with Gasteiger partial charge in [0.05, 0.1) is 7.11 Å². The molecule has 0 radical (unpaired) electrons. The van der Waals surface area contributed by atoms with Crippen LogP contribution >= 0.6 is 11.6 Å². The topological polar surface area (TPSA) is 67.3 Å². The Hall–Kier alpha value is -2.08. The highest BCUT2D eigenvalue weighted by Gasteiger charge is 2.26. The van der Waals surface area contributed by atoms with Gasteiger partial charge in [-0.1, -0.05) is 6.07 Å². The molecule has 0 spiro atoms. The Kier molecular flexibility index (Phi) is 4.02. The fraction of sp³-hybridized carbons (Fsp3) is 0.400. The highest BCUT2D eigenvalue weighted by Crippen LogP contribution is 2.32. The number of rotatable bonds is 3. The van der Waals surface area contributed by atoms with E-state index in [1.54, 1.807) is 7.11 Å². The van der Waals surface area contributed by atoms with Crippen LogP contribution < -0.4 is 15.0 Å². The maximum Gasteiger partial charge on any atom is 0.225 e. The molecule has 1 atom stereocenters. The second-order valence-electron chi connectivity index (χ2n) is 5.30. The quantitative estimate of drug-likeness (QED) is 0.876. The number of fused-ring (bicyclic) bond motifs is 1. The Morgan fingerprint density at radius 3 is 3.00 bits per heavy atom. The minimum Gasteiger partial charge on any atom is -0.494 e. The summed E-state index contributed by atoms with van der Waals surface area (Å²) in [6, 6.07) is 5.84. The summed E-state index contributed by atoms with van der Waals surface area (Å²) in [7, 11) is 1.60. The van der Waals surface area contributed by atoms with Gasteiger partial charge in [0.25, 0.3) is 0 Å².